The molecule has 0 aliphatic heterocycles. The van der Waals surface area contributed by atoms with Crippen LogP contribution in [0.1, 0.15) is 23.7 Å². The molecule has 0 aliphatic rings. The van der Waals surface area contributed by atoms with Crippen LogP contribution in [-0.4, -0.2) is 24.5 Å². The third-order valence-electron chi connectivity index (χ3n) is 2.11. The third kappa shape index (κ3) is 5.81. The Labute approximate surface area is 116 Å². The standard InChI is InChI=1S/C14H15NO5/c1-10(15)9-13(17)19-8-7-12(16)20-14(18)11-5-3-2-4-6-11/h2-6,9H,7-8,15H2,1H3/b10-9-. The summed E-state index contributed by atoms with van der Waals surface area (Å²) in [6.07, 6.45) is 0.891. The van der Waals surface area contributed by atoms with Gasteiger partial charge in [-0.1, -0.05) is 18.2 Å². The molecule has 0 atom stereocenters. The van der Waals surface area contributed by atoms with Crippen molar-refractivity contribution in [1.29, 1.82) is 0 Å². The largest absolute Gasteiger partial charge is 0.462 e. The van der Waals surface area contributed by atoms with Crippen LogP contribution in [0.3, 0.4) is 0 Å². The summed E-state index contributed by atoms with van der Waals surface area (Å²) in [5.74, 6) is -2.15. The molecule has 6 heteroatoms. The molecule has 1 aromatic rings. The Kier molecular flexibility index (Phi) is 5.96. The highest BCUT2D eigenvalue weighted by atomic mass is 16.6. The van der Waals surface area contributed by atoms with Crippen molar-refractivity contribution in [2.75, 3.05) is 6.61 Å². The monoisotopic (exact) mass is 277 g/mol. The Bertz CT molecular complexity index is 518. The fourth-order valence-corrected chi connectivity index (χ4v) is 1.25. The van der Waals surface area contributed by atoms with Crippen molar-refractivity contribution < 1.29 is 23.9 Å². The molecule has 20 heavy (non-hydrogen) atoms. The Morgan fingerprint density at radius 3 is 2.45 bits per heavy atom. The van der Waals surface area contributed by atoms with Gasteiger partial charge in [0.1, 0.15) is 6.61 Å². The predicted molar refractivity (Wildman–Crippen MR) is 70.4 cm³/mol. The molecule has 6 nitrogen and oxygen atoms in total. The predicted octanol–water partition coefficient (Wildman–Crippen LogP) is 1.17. The van der Waals surface area contributed by atoms with Crippen LogP contribution in [0.15, 0.2) is 42.1 Å². The molecule has 106 valence electrons. The first-order valence-corrected chi connectivity index (χ1v) is 5.89. The molecule has 0 saturated heterocycles. The summed E-state index contributed by atoms with van der Waals surface area (Å²) in [5.41, 5.74) is 5.86. The zero-order chi connectivity index (χ0) is 15.0. The first-order chi connectivity index (χ1) is 9.49. The van der Waals surface area contributed by atoms with E-state index < -0.39 is 17.9 Å². The number of hydrogen-bond donors (Lipinski definition) is 1. The first kappa shape index (κ1) is 15.4. The van der Waals surface area contributed by atoms with E-state index in [1.54, 1.807) is 18.2 Å². The zero-order valence-corrected chi connectivity index (χ0v) is 11.0. The minimum absolute atomic E-state index is 0.177. The van der Waals surface area contributed by atoms with Crippen LogP contribution in [0.5, 0.6) is 0 Å². The maximum atomic E-state index is 11.5. The van der Waals surface area contributed by atoms with Gasteiger partial charge in [0, 0.05) is 11.8 Å². The van der Waals surface area contributed by atoms with E-state index in [1.165, 1.54) is 19.1 Å². The fraction of sp³-hybridized carbons (Fsp3) is 0.214. The van der Waals surface area contributed by atoms with Gasteiger partial charge in [-0.2, -0.15) is 0 Å². The maximum absolute atomic E-state index is 11.5. The summed E-state index contributed by atoms with van der Waals surface area (Å²) in [6, 6.07) is 8.12. The highest BCUT2D eigenvalue weighted by Crippen LogP contribution is 2.02. The molecule has 0 heterocycles. The second-order valence-electron chi connectivity index (χ2n) is 3.93. The smallest absolute Gasteiger partial charge is 0.345 e. The molecule has 0 aliphatic carbocycles. The normalized spacial score (nSPS) is 10.8. The van der Waals surface area contributed by atoms with Gasteiger partial charge in [0.05, 0.1) is 12.0 Å². The third-order valence-corrected chi connectivity index (χ3v) is 2.11. The van der Waals surface area contributed by atoms with Gasteiger partial charge in [-0.25, -0.2) is 9.59 Å². The second-order valence-corrected chi connectivity index (χ2v) is 3.93. The van der Waals surface area contributed by atoms with E-state index in [-0.39, 0.29) is 18.6 Å². The number of ether oxygens (including phenoxy) is 2. The van der Waals surface area contributed by atoms with Gasteiger partial charge in [-0.3, -0.25) is 4.79 Å². The summed E-state index contributed by atoms with van der Waals surface area (Å²) in [6.45, 7) is 1.36. The number of allylic oxidation sites excluding steroid dienone is 1. The number of carbonyl (C=O) groups is 3. The Morgan fingerprint density at radius 2 is 1.85 bits per heavy atom. The molecule has 0 fully saturated rings. The molecular weight excluding hydrogens is 262 g/mol. The first-order valence-electron chi connectivity index (χ1n) is 5.89. The van der Waals surface area contributed by atoms with Gasteiger partial charge in [0.15, 0.2) is 0 Å². The molecule has 0 amide bonds. The van der Waals surface area contributed by atoms with E-state index >= 15 is 0 Å². The van der Waals surface area contributed by atoms with Crippen LogP contribution in [0.2, 0.25) is 0 Å². The van der Waals surface area contributed by atoms with Crippen LogP contribution in [-0.2, 0) is 19.1 Å². The average Bonchev–Trinajstić information content (AvgIpc) is 2.38. The highest BCUT2D eigenvalue weighted by molar-refractivity contribution is 5.96. The van der Waals surface area contributed by atoms with E-state index in [2.05, 4.69) is 4.74 Å². The fourth-order valence-electron chi connectivity index (χ4n) is 1.25. The SMILES string of the molecule is C/C(N)=C/C(=O)OCCC(=O)OC(=O)c1ccccc1. The van der Waals surface area contributed by atoms with Crippen molar-refractivity contribution in [1.82, 2.24) is 0 Å². The lowest BCUT2D eigenvalue weighted by molar-refractivity contribution is -0.143. The lowest BCUT2D eigenvalue weighted by Gasteiger charge is -2.03. The van der Waals surface area contributed by atoms with Gasteiger partial charge in [-0.15, -0.1) is 0 Å². The molecule has 1 rings (SSSR count). The van der Waals surface area contributed by atoms with Gasteiger partial charge in [0.25, 0.3) is 0 Å². The van der Waals surface area contributed by atoms with E-state index in [4.69, 9.17) is 10.5 Å². The van der Waals surface area contributed by atoms with Crippen LogP contribution in [0.4, 0.5) is 0 Å². The summed E-state index contributed by atoms with van der Waals surface area (Å²) in [5, 5.41) is 0. The lowest BCUT2D eigenvalue weighted by atomic mass is 10.2. The van der Waals surface area contributed by atoms with Crippen molar-refractivity contribution in [2.24, 2.45) is 5.73 Å². The van der Waals surface area contributed by atoms with E-state index in [0.29, 0.717) is 5.70 Å². The van der Waals surface area contributed by atoms with Crippen molar-refractivity contribution in [3.8, 4) is 0 Å². The van der Waals surface area contributed by atoms with Crippen LogP contribution in [0, 0.1) is 0 Å². The molecule has 0 bridgehead atoms. The van der Waals surface area contributed by atoms with Crippen molar-refractivity contribution in [3.05, 3.63) is 47.7 Å². The minimum atomic E-state index is -0.764. The van der Waals surface area contributed by atoms with Crippen molar-refractivity contribution in [2.45, 2.75) is 13.3 Å². The molecule has 2 N–H and O–H groups in total. The van der Waals surface area contributed by atoms with Crippen molar-refractivity contribution >= 4 is 17.9 Å². The van der Waals surface area contributed by atoms with Crippen LogP contribution >= 0.6 is 0 Å². The van der Waals surface area contributed by atoms with Crippen LogP contribution in [0.25, 0.3) is 0 Å². The number of hydrogen-bond acceptors (Lipinski definition) is 6. The highest BCUT2D eigenvalue weighted by Gasteiger charge is 2.12. The molecule has 0 unspecified atom stereocenters. The van der Waals surface area contributed by atoms with Crippen molar-refractivity contribution in [3.63, 3.8) is 0 Å². The van der Waals surface area contributed by atoms with Crippen LogP contribution < -0.4 is 5.73 Å². The number of nitrogens with two attached hydrogens (primary N) is 1. The van der Waals surface area contributed by atoms with E-state index in [0.717, 1.165) is 6.08 Å². The number of rotatable bonds is 5. The number of esters is 3. The zero-order valence-electron chi connectivity index (χ0n) is 11.0. The van der Waals surface area contributed by atoms with Gasteiger partial charge in [-0.05, 0) is 19.1 Å². The Morgan fingerprint density at radius 1 is 1.20 bits per heavy atom. The Hall–Kier alpha value is -2.63. The molecular formula is C14H15NO5. The van der Waals surface area contributed by atoms with Gasteiger partial charge >= 0.3 is 17.9 Å². The number of carbonyl (C=O) groups excluding carboxylic acids is 3. The summed E-state index contributed by atoms with van der Waals surface area (Å²) >= 11 is 0. The minimum Gasteiger partial charge on any atom is -0.462 e. The molecule has 0 saturated carbocycles. The topological polar surface area (TPSA) is 95.7 Å². The molecule has 1 aromatic carbocycles. The Balaban J connectivity index is 2.33. The average molecular weight is 277 g/mol. The second kappa shape index (κ2) is 7.73. The summed E-state index contributed by atoms with van der Waals surface area (Å²) < 4.78 is 9.29. The van der Waals surface area contributed by atoms with E-state index in [9.17, 15) is 14.4 Å². The summed E-state index contributed by atoms with van der Waals surface area (Å²) in [7, 11) is 0. The molecule has 0 spiro atoms. The molecule has 0 radical (unpaired) electrons. The number of benzene rings is 1. The van der Waals surface area contributed by atoms with E-state index in [1.807, 2.05) is 0 Å². The lowest BCUT2D eigenvalue weighted by Crippen LogP contribution is -2.15. The maximum Gasteiger partial charge on any atom is 0.345 e. The quantitative estimate of drug-likeness (QED) is 0.493. The molecule has 0 aromatic heterocycles. The van der Waals surface area contributed by atoms with Gasteiger partial charge in [0.2, 0.25) is 0 Å². The summed E-state index contributed by atoms with van der Waals surface area (Å²) in [4.78, 5) is 34.0. The van der Waals surface area contributed by atoms with Gasteiger partial charge < -0.3 is 15.2 Å².